The molecule has 1 aliphatic heterocycles. The normalized spacial score (nSPS) is 41.6. The minimum atomic E-state index is -0.857. The van der Waals surface area contributed by atoms with Gasteiger partial charge in [-0.15, -0.1) is 0 Å². The summed E-state index contributed by atoms with van der Waals surface area (Å²) in [5.74, 6) is -1.43. The highest BCUT2D eigenvalue weighted by Gasteiger charge is 2.76. The van der Waals surface area contributed by atoms with Crippen molar-refractivity contribution in [2.24, 2.45) is 11.8 Å². The highest BCUT2D eigenvalue weighted by molar-refractivity contribution is 5.89. The van der Waals surface area contributed by atoms with Gasteiger partial charge in [0.25, 0.3) is 0 Å². The number of carbonyl (C=O) groups excluding carboxylic acids is 1. The Balaban J connectivity index is 1.56. The van der Waals surface area contributed by atoms with E-state index in [1.807, 2.05) is 13.1 Å². The van der Waals surface area contributed by atoms with Gasteiger partial charge in [-0.05, 0) is 44.4 Å². The highest BCUT2D eigenvalue weighted by atomic mass is 16.5. The summed E-state index contributed by atoms with van der Waals surface area (Å²) in [6.07, 6.45) is 2.31. The molecule has 5 heteroatoms. The fourth-order valence-corrected chi connectivity index (χ4v) is 4.72. The minimum absolute atomic E-state index is 0.0195. The van der Waals surface area contributed by atoms with Crippen LogP contribution in [0.1, 0.15) is 29.6 Å². The average molecular weight is 301 g/mol. The number of nitrogens with zero attached hydrogens (tertiary/aromatic N) is 1. The number of hydrogen-bond acceptors (Lipinski definition) is 4. The molecular formula is C17H19NO4. The summed E-state index contributed by atoms with van der Waals surface area (Å²) < 4.78 is 5.60. The third kappa shape index (κ3) is 1.69. The van der Waals surface area contributed by atoms with Crippen molar-refractivity contribution in [2.45, 2.75) is 36.9 Å². The summed E-state index contributed by atoms with van der Waals surface area (Å²) in [4.78, 5) is 26.2. The Labute approximate surface area is 128 Å². The molecule has 5 nitrogen and oxygen atoms in total. The van der Waals surface area contributed by atoms with Crippen molar-refractivity contribution in [3.05, 3.63) is 35.9 Å². The number of rotatable bonds is 3. The molecule has 4 rings (SSSR count). The van der Waals surface area contributed by atoms with Crippen LogP contribution in [0.5, 0.6) is 0 Å². The number of likely N-dealkylation sites (N-methyl/N-ethyl adjacent to an activating group) is 1. The van der Waals surface area contributed by atoms with E-state index in [-0.39, 0.29) is 11.6 Å². The SMILES string of the molecule is C[N@@]1C2C(C(=O)O)C(OC(=O)c3ccccc3)C[C@H]3CC[C@]231. The standard InChI is InChI=1S/C17H19NO4/c1-18-14-13(15(19)20)12(9-11-7-8-17(11,14)18)22-16(21)10-5-3-2-4-6-10/h2-6,11-14H,7-9H2,1H3,(H,19,20)/t11-,12?,13?,14?,17-,18+/m1/s1. The Kier molecular flexibility index (Phi) is 2.85. The van der Waals surface area contributed by atoms with Crippen LogP contribution in [0.25, 0.3) is 0 Å². The summed E-state index contributed by atoms with van der Waals surface area (Å²) in [5, 5.41) is 9.61. The number of hydrogen-bond donors (Lipinski definition) is 1. The van der Waals surface area contributed by atoms with Crippen LogP contribution in [-0.4, -0.2) is 46.7 Å². The molecule has 0 bridgehead atoms. The molecule has 3 fully saturated rings. The van der Waals surface area contributed by atoms with Crippen molar-refractivity contribution in [3.8, 4) is 0 Å². The van der Waals surface area contributed by atoms with Gasteiger partial charge in [0.1, 0.15) is 12.0 Å². The Morgan fingerprint density at radius 1 is 1.32 bits per heavy atom. The minimum Gasteiger partial charge on any atom is -0.481 e. The van der Waals surface area contributed by atoms with Crippen LogP contribution in [0, 0.1) is 11.8 Å². The van der Waals surface area contributed by atoms with Crippen LogP contribution in [0.15, 0.2) is 30.3 Å². The van der Waals surface area contributed by atoms with Crippen molar-refractivity contribution in [3.63, 3.8) is 0 Å². The highest BCUT2D eigenvalue weighted by Crippen LogP contribution is 2.65. The first-order chi connectivity index (χ1) is 10.6. The molecular weight excluding hydrogens is 282 g/mol. The average Bonchev–Trinajstić information content (AvgIpc) is 3.11. The predicted octanol–water partition coefficient (Wildman–Crippen LogP) is 1.78. The van der Waals surface area contributed by atoms with Gasteiger partial charge in [-0.25, -0.2) is 4.79 Å². The lowest BCUT2D eigenvalue weighted by Gasteiger charge is -2.44. The topological polar surface area (TPSA) is 66.6 Å². The molecule has 2 saturated carbocycles. The second-order valence-electron chi connectivity index (χ2n) is 6.69. The van der Waals surface area contributed by atoms with E-state index in [2.05, 4.69) is 4.90 Å². The van der Waals surface area contributed by atoms with Crippen LogP contribution >= 0.6 is 0 Å². The molecule has 0 aromatic heterocycles. The first-order valence-electron chi connectivity index (χ1n) is 7.77. The second kappa shape index (κ2) is 4.56. The van der Waals surface area contributed by atoms with E-state index in [0.717, 1.165) is 12.8 Å². The Hall–Kier alpha value is -1.88. The van der Waals surface area contributed by atoms with Crippen LogP contribution in [0.4, 0.5) is 0 Å². The number of aliphatic carboxylic acids is 1. The molecule has 1 heterocycles. The number of ether oxygens (including phenoxy) is 1. The summed E-state index contributed by atoms with van der Waals surface area (Å²) >= 11 is 0. The molecule has 1 N–H and O–H groups in total. The van der Waals surface area contributed by atoms with Gasteiger partial charge < -0.3 is 9.84 Å². The van der Waals surface area contributed by atoms with E-state index in [1.54, 1.807) is 24.3 Å². The summed E-state index contributed by atoms with van der Waals surface area (Å²) in [5.41, 5.74) is 0.555. The molecule has 0 radical (unpaired) electrons. The summed E-state index contributed by atoms with van der Waals surface area (Å²) in [6.45, 7) is 0. The van der Waals surface area contributed by atoms with Crippen LogP contribution in [0.3, 0.4) is 0 Å². The van der Waals surface area contributed by atoms with Crippen LogP contribution < -0.4 is 0 Å². The Morgan fingerprint density at radius 3 is 2.64 bits per heavy atom. The Morgan fingerprint density at radius 2 is 2.05 bits per heavy atom. The number of carboxylic acids is 1. The molecule has 2 aliphatic carbocycles. The van der Waals surface area contributed by atoms with E-state index in [9.17, 15) is 14.7 Å². The molecule has 0 amide bonds. The maximum absolute atomic E-state index is 12.3. The monoisotopic (exact) mass is 301 g/mol. The molecule has 116 valence electrons. The quantitative estimate of drug-likeness (QED) is 0.681. The first kappa shape index (κ1) is 13.8. The molecule has 6 atom stereocenters. The van der Waals surface area contributed by atoms with E-state index >= 15 is 0 Å². The second-order valence-corrected chi connectivity index (χ2v) is 6.69. The van der Waals surface area contributed by atoms with Crippen molar-refractivity contribution in [2.75, 3.05) is 7.05 Å². The lowest BCUT2D eigenvalue weighted by Crippen LogP contribution is -2.52. The van der Waals surface area contributed by atoms with Crippen LogP contribution in [-0.2, 0) is 9.53 Å². The molecule has 1 aromatic carbocycles. The fraction of sp³-hybridized carbons (Fsp3) is 0.529. The molecule has 1 saturated heterocycles. The van der Waals surface area contributed by atoms with Gasteiger partial charge >= 0.3 is 11.9 Å². The third-order valence-corrected chi connectivity index (χ3v) is 5.93. The summed E-state index contributed by atoms with van der Waals surface area (Å²) in [7, 11) is 1.99. The van der Waals surface area contributed by atoms with Gasteiger partial charge in [0.2, 0.25) is 0 Å². The van der Waals surface area contributed by atoms with Gasteiger partial charge in [-0.2, -0.15) is 0 Å². The lowest BCUT2D eigenvalue weighted by molar-refractivity contribution is -0.148. The number of benzene rings is 1. The van der Waals surface area contributed by atoms with Crippen molar-refractivity contribution in [1.82, 2.24) is 4.90 Å². The number of carbonyl (C=O) groups is 2. The molecule has 3 unspecified atom stereocenters. The van der Waals surface area contributed by atoms with E-state index in [4.69, 9.17) is 4.74 Å². The van der Waals surface area contributed by atoms with Gasteiger partial charge in [0.05, 0.1) is 5.56 Å². The number of esters is 1. The van der Waals surface area contributed by atoms with Gasteiger partial charge in [-0.3, -0.25) is 9.69 Å². The van der Waals surface area contributed by atoms with E-state index < -0.39 is 24.0 Å². The van der Waals surface area contributed by atoms with Crippen molar-refractivity contribution < 1.29 is 19.4 Å². The molecule has 3 aliphatic rings. The van der Waals surface area contributed by atoms with E-state index in [1.165, 1.54) is 0 Å². The van der Waals surface area contributed by atoms with E-state index in [0.29, 0.717) is 17.9 Å². The number of likely N-dealkylation sites (tertiary alicyclic amines) is 1. The maximum Gasteiger partial charge on any atom is 0.338 e. The van der Waals surface area contributed by atoms with Crippen molar-refractivity contribution >= 4 is 11.9 Å². The molecule has 1 spiro atoms. The van der Waals surface area contributed by atoms with Gasteiger partial charge in [0.15, 0.2) is 0 Å². The smallest absolute Gasteiger partial charge is 0.338 e. The molecule has 22 heavy (non-hydrogen) atoms. The van der Waals surface area contributed by atoms with Crippen molar-refractivity contribution in [1.29, 1.82) is 0 Å². The predicted molar refractivity (Wildman–Crippen MR) is 78.4 cm³/mol. The van der Waals surface area contributed by atoms with Gasteiger partial charge in [-0.1, -0.05) is 18.2 Å². The van der Waals surface area contributed by atoms with Crippen LogP contribution in [0.2, 0.25) is 0 Å². The first-order valence-corrected chi connectivity index (χ1v) is 7.77. The maximum atomic E-state index is 12.3. The third-order valence-electron chi connectivity index (χ3n) is 5.93. The zero-order valence-electron chi connectivity index (χ0n) is 12.4. The lowest BCUT2D eigenvalue weighted by atomic mass is 9.61. The summed E-state index contributed by atoms with van der Waals surface area (Å²) in [6, 6.07) is 8.79. The zero-order valence-corrected chi connectivity index (χ0v) is 12.4. The largest absolute Gasteiger partial charge is 0.481 e. The Bertz CT molecular complexity index is 631. The number of carboxylic acid groups (broad SMARTS) is 1. The van der Waals surface area contributed by atoms with Gasteiger partial charge in [0, 0.05) is 11.6 Å². The molecule has 1 aromatic rings. The zero-order chi connectivity index (χ0) is 15.5. The fourth-order valence-electron chi connectivity index (χ4n) is 4.72.